The van der Waals surface area contributed by atoms with Gasteiger partial charge in [0, 0.05) is 31.6 Å². The first-order valence-corrected chi connectivity index (χ1v) is 11.8. The number of pyridine rings is 1. The number of carbonyl (C=O) groups excluding carboxylic acids is 2. The fourth-order valence-electron chi connectivity index (χ4n) is 4.06. The largest absolute Gasteiger partial charge is 0.495 e. The van der Waals surface area contributed by atoms with E-state index in [0.717, 1.165) is 12.0 Å². The third kappa shape index (κ3) is 4.28. The molecule has 2 fully saturated rings. The van der Waals surface area contributed by atoms with Crippen LogP contribution in [0.3, 0.4) is 0 Å². The van der Waals surface area contributed by atoms with Crippen LogP contribution in [0.4, 0.5) is 0 Å². The standard InChI is InChI=1S/C26H24N4O3S/c1-30(2)25(32)19-14-27-20-10-9-15(11-18(20)23(19)33-3)12-22-24(31)29-26(34-22)28-21-13-17(21)16-7-5-4-6-8-16/h4-12,14,17,21H,13H2,1-3H3,(H,28,29,31)/t17-,21+/m0/s1. The maximum atomic E-state index is 12.6. The summed E-state index contributed by atoms with van der Waals surface area (Å²) in [6, 6.07) is 16.2. The van der Waals surface area contributed by atoms with E-state index >= 15 is 0 Å². The van der Waals surface area contributed by atoms with Gasteiger partial charge in [-0.1, -0.05) is 36.4 Å². The smallest absolute Gasteiger partial charge is 0.264 e. The van der Waals surface area contributed by atoms with Crippen molar-refractivity contribution >= 4 is 45.7 Å². The van der Waals surface area contributed by atoms with Gasteiger partial charge in [-0.05, 0) is 47.5 Å². The SMILES string of the molecule is COc1c(C(=O)N(C)C)cnc2ccc(C=C3SC(=N[C@@H]4C[C@H]4c4ccccc4)NC3=O)cc12. The molecule has 2 aromatic carbocycles. The van der Waals surface area contributed by atoms with E-state index in [4.69, 9.17) is 9.73 Å². The van der Waals surface area contributed by atoms with Crippen LogP contribution in [-0.4, -0.2) is 54.1 Å². The van der Waals surface area contributed by atoms with E-state index in [9.17, 15) is 9.59 Å². The number of amides is 2. The van der Waals surface area contributed by atoms with Crippen LogP contribution in [-0.2, 0) is 4.79 Å². The van der Waals surface area contributed by atoms with E-state index in [2.05, 4.69) is 22.4 Å². The quantitative estimate of drug-likeness (QED) is 0.566. The lowest BCUT2D eigenvalue weighted by molar-refractivity contribution is -0.115. The van der Waals surface area contributed by atoms with Crippen LogP contribution >= 0.6 is 11.8 Å². The third-order valence-corrected chi connectivity index (χ3v) is 6.82. The Kier molecular flexibility index (Phi) is 5.83. The highest BCUT2D eigenvalue weighted by atomic mass is 32.2. The lowest BCUT2D eigenvalue weighted by atomic mass is 10.1. The number of nitrogens with one attached hydrogen (secondary N) is 1. The topological polar surface area (TPSA) is 83.9 Å². The van der Waals surface area contributed by atoms with Crippen molar-refractivity contribution in [1.29, 1.82) is 0 Å². The number of aliphatic imine (C=N–C) groups is 1. The molecule has 8 heteroatoms. The summed E-state index contributed by atoms with van der Waals surface area (Å²) < 4.78 is 5.58. The molecule has 34 heavy (non-hydrogen) atoms. The fraction of sp³-hybridized carbons (Fsp3) is 0.231. The maximum Gasteiger partial charge on any atom is 0.264 e. The molecule has 3 aromatic rings. The first-order chi connectivity index (χ1) is 16.4. The van der Waals surface area contributed by atoms with Crippen molar-refractivity contribution in [2.45, 2.75) is 18.4 Å². The third-order valence-electron chi connectivity index (χ3n) is 5.90. The van der Waals surface area contributed by atoms with Crippen LogP contribution in [0.5, 0.6) is 5.75 Å². The Morgan fingerprint density at radius 1 is 1.24 bits per heavy atom. The van der Waals surface area contributed by atoms with Gasteiger partial charge in [0.15, 0.2) is 5.17 Å². The van der Waals surface area contributed by atoms with Gasteiger partial charge in [0.05, 0.1) is 23.6 Å². The van der Waals surface area contributed by atoms with Crippen LogP contribution < -0.4 is 10.1 Å². The molecule has 2 amide bonds. The summed E-state index contributed by atoms with van der Waals surface area (Å²) in [6.45, 7) is 0. The number of aromatic nitrogens is 1. The van der Waals surface area contributed by atoms with Gasteiger partial charge >= 0.3 is 0 Å². The number of hydrogen-bond acceptors (Lipinski definition) is 6. The molecule has 2 aliphatic rings. The van der Waals surface area contributed by atoms with Crippen LogP contribution in [0.1, 0.15) is 33.8 Å². The second-order valence-electron chi connectivity index (χ2n) is 8.50. The number of methoxy groups -OCH3 is 1. The number of ether oxygens (including phenoxy) is 1. The lowest BCUT2D eigenvalue weighted by Crippen LogP contribution is -2.22. The minimum absolute atomic E-state index is 0.164. The zero-order valence-corrected chi connectivity index (χ0v) is 19.9. The number of amidine groups is 1. The van der Waals surface area contributed by atoms with E-state index in [1.165, 1.54) is 35.5 Å². The second kappa shape index (κ2) is 8.95. The number of rotatable bonds is 5. The van der Waals surface area contributed by atoms with Gasteiger partial charge in [-0.25, -0.2) is 0 Å². The normalized spacial score (nSPS) is 21.7. The Bertz CT molecular complexity index is 1350. The summed E-state index contributed by atoms with van der Waals surface area (Å²) in [6.07, 6.45) is 4.35. The molecule has 0 bridgehead atoms. The number of benzene rings is 2. The molecule has 1 aliphatic heterocycles. The predicted octanol–water partition coefficient (Wildman–Crippen LogP) is 4.06. The first kappa shape index (κ1) is 22.2. The number of hydrogen-bond donors (Lipinski definition) is 1. The van der Waals surface area contributed by atoms with Crippen molar-refractivity contribution in [3.8, 4) is 5.75 Å². The summed E-state index contributed by atoms with van der Waals surface area (Å²) >= 11 is 1.35. The summed E-state index contributed by atoms with van der Waals surface area (Å²) in [4.78, 5) is 36.3. The molecule has 2 atom stereocenters. The Morgan fingerprint density at radius 3 is 2.76 bits per heavy atom. The highest BCUT2D eigenvalue weighted by molar-refractivity contribution is 8.18. The van der Waals surface area contributed by atoms with Crippen LogP contribution in [0, 0.1) is 0 Å². The average Bonchev–Trinajstić information content (AvgIpc) is 3.53. The van der Waals surface area contributed by atoms with Gasteiger partial charge in [0.25, 0.3) is 11.8 Å². The van der Waals surface area contributed by atoms with Crippen LogP contribution in [0.2, 0.25) is 0 Å². The van der Waals surface area contributed by atoms with Gasteiger partial charge < -0.3 is 15.0 Å². The fourth-order valence-corrected chi connectivity index (χ4v) is 4.94. The van der Waals surface area contributed by atoms with Gasteiger partial charge in [-0.15, -0.1) is 0 Å². The van der Waals surface area contributed by atoms with Crippen LogP contribution in [0.25, 0.3) is 17.0 Å². The summed E-state index contributed by atoms with van der Waals surface area (Å²) in [5.41, 5.74) is 3.20. The molecule has 0 radical (unpaired) electrons. The van der Waals surface area contributed by atoms with Crippen molar-refractivity contribution in [2.75, 3.05) is 21.2 Å². The van der Waals surface area contributed by atoms with Gasteiger partial charge in [0.2, 0.25) is 0 Å². The molecule has 2 heterocycles. The van der Waals surface area contributed by atoms with Gasteiger partial charge in [-0.3, -0.25) is 19.6 Å². The molecule has 0 unspecified atom stereocenters. The highest BCUT2D eigenvalue weighted by Crippen LogP contribution is 2.44. The maximum absolute atomic E-state index is 12.6. The number of nitrogens with zero attached hydrogens (tertiary/aromatic N) is 3. The molecular weight excluding hydrogens is 448 g/mol. The molecule has 0 spiro atoms. The summed E-state index contributed by atoms with van der Waals surface area (Å²) in [5.74, 6) is 0.534. The minimum atomic E-state index is -0.185. The number of fused-ring (bicyclic) bond motifs is 1. The minimum Gasteiger partial charge on any atom is -0.495 e. The van der Waals surface area contributed by atoms with Crippen molar-refractivity contribution in [1.82, 2.24) is 15.2 Å². The zero-order valence-electron chi connectivity index (χ0n) is 19.1. The van der Waals surface area contributed by atoms with E-state index in [1.54, 1.807) is 14.1 Å². The van der Waals surface area contributed by atoms with Gasteiger partial charge in [-0.2, -0.15) is 0 Å². The second-order valence-corrected chi connectivity index (χ2v) is 9.53. The Morgan fingerprint density at radius 2 is 2.03 bits per heavy atom. The monoisotopic (exact) mass is 472 g/mol. The van der Waals surface area contributed by atoms with E-state index in [1.807, 2.05) is 42.5 Å². The molecular formula is C26H24N4O3S. The molecule has 7 nitrogen and oxygen atoms in total. The zero-order chi connectivity index (χ0) is 23.8. The number of carbonyl (C=O) groups is 2. The molecule has 5 rings (SSSR count). The Balaban J connectivity index is 1.40. The van der Waals surface area contributed by atoms with Crippen molar-refractivity contribution in [2.24, 2.45) is 4.99 Å². The average molecular weight is 473 g/mol. The molecule has 1 saturated heterocycles. The van der Waals surface area contributed by atoms with E-state index in [-0.39, 0.29) is 17.9 Å². The summed E-state index contributed by atoms with van der Waals surface area (Å²) in [7, 11) is 4.91. The van der Waals surface area contributed by atoms with Gasteiger partial charge in [0.1, 0.15) is 11.3 Å². The highest BCUT2D eigenvalue weighted by Gasteiger charge is 2.39. The van der Waals surface area contributed by atoms with Crippen molar-refractivity contribution < 1.29 is 14.3 Å². The first-order valence-electron chi connectivity index (χ1n) is 11.0. The molecule has 1 aliphatic carbocycles. The molecule has 172 valence electrons. The molecule has 1 saturated carbocycles. The van der Waals surface area contributed by atoms with Crippen molar-refractivity contribution in [3.63, 3.8) is 0 Å². The Hall–Kier alpha value is -3.65. The van der Waals surface area contributed by atoms with Crippen LogP contribution in [0.15, 0.2) is 64.6 Å². The Labute approximate surface area is 201 Å². The van der Waals surface area contributed by atoms with E-state index < -0.39 is 0 Å². The predicted molar refractivity (Wildman–Crippen MR) is 135 cm³/mol. The van der Waals surface area contributed by atoms with Crippen molar-refractivity contribution in [3.05, 3.63) is 76.3 Å². The molecule has 1 aromatic heterocycles. The van der Waals surface area contributed by atoms with E-state index in [0.29, 0.717) is 38.2 Å². The lowest BCUT2D eigenvalue weighted by Gasteiger charge is -2.15. The molecule has 1 N–H and O–H groups in total. The number of thioether (sulfide) groups is 1. The summed E-state index contributed by atoms with van der Waals surface area (Å²) in [5, 5.41) is 4.23.